The first-order valence-electron chi connectivity index (χ1n) is 6.22. The zero-order valence-corrected chi connectivity index (χ0v) is 11.8. The van der Waals surface area contributed by atoms with Crippen molar-refractivity contribution in [3.63, 3.8) is 0 Å². The van der Waals surface area contributed by atoms with E-state index in [1.165, 1.54) is 0 Å². The molecule has 2 N–H and O–H groups in total. The third-order valence-electron chi connectivity index (χ3n) is 2.96. The van der Waals surface area contributed by atoms with Crippen LogP contribution in [0.5, 0.6) is 0 Å². The van der Waals surface area contributed by atoms with Crippen molar-refractivity contribution in [2.75, 3.05) is 5.73 Å². The lowest BCUT2D eigenvalue weighted by Gasteiger charge is -2.00. The highest BCUT2D eigenvalue weighted by atomic mass is 32.2. The molecule has 0 radical (unpaired) electrons. The fourth-order valence-corrected chi connectivity index (χ4v) is 3.07. The summed E-state index contributed by atoms with van der Waals surface area (Å²) in [5, 5.41) is 0. The normalized spacial score (nSPS) is 12.7. The van der Waals surface area contributed by atoms with Gasteiger partial charge >= 0.3 is 0 Å². The van der Waals surface area contributed by atoms with Crippen molar-refractivity contribution in [2.45, 2.75) is 17.6 Å². The first-order chi connectivity index (χ1) is 9.61. The molecule has 20 heavy (non-hydrogen) atoms. The molecule has 0 aliphatic heterocycles. The van der Waals surface area contributed by atoms with Gasteiger partial charge in [-0.05, 0) is 42.8 Å². The third kappa shape index (κ3) is 2.58. The van der Waals surface area contributed by atoms with Gasteiger partial charge < -0.3 is 10.2 Å². The Labute approximate surface area is 119 Å². The summed E-state index contributed by atoms with van der Waals surface area (Å²) in [6.07, 6.45) is 0. The topological polar surface area (TPSA) is 69.1 Å². The molecular weight excluding hydrogens is 272 g/mol. The van der Waals surface area contributed by atoms with Crippen molar-refractivity contribution in [1.82, 2.24) is 4.98 Å². The summed E-state index contributed by atoms with van der Waals surface area (Å²) < 4.78 is 17.9. The van der Waals surface area contributed by atoms with Crippen LogP contribution in [0.15, 0.2) is 51.8 Å². The summed E-state index contributed by atoms with van der Waals surface area (Å²) in [4.78, 5) is 5.11. The van der Waals surface area contributed by atoms with Gasteiger partial charge in [-0.25, -0.2) is 4.98 Å². The highest BCUT2D eigenvalue weighted by Gasteiger charge is 2.11. The average molecular weight is 286 g/mol. The molecule has 1 heterocycles. The first-order valence-corrected chi connectivity index (χ1v) is 7.54. The minimum atomic E-state index is -1.16. The number of nitrogens with zero attached hydrogens (tertiary/aromatic N) is 1. The molecule has 2 aromatic carbocycles. The van der Waals surface area contributed by atoms with Gasteiger partial charge in [-0.3, -0.25) is 4.21 Å². The summed E-state index contributed by atoms with van der Waals surface area (Å²) in [6.45, 7) is 1.98. The Hall–Kier alpha value is -2.14. The first kappa shape index (κ1) is 12.9. The number of anilines is 1. The lowest BCUT2D eigenvalue weighted by atomic mass is 10.2. The Balaban J connectivity index is 1.87. The smallest absolute Gasteiger partial charge is 0.208 e. The molecule has 3 aromatic rings. The van der Waals surface area contributed by atoms with Crippen molar-refractivity contribution in [3.05, 3.63) is 53.9 Å². The molecule has 0 amide bonds. The number of benzene rings is 2. The van der Waals surface area contributed by atoms with Crippen LogP contribution in [-0.4, -0.2) is 9.19 Å². The highest BCUT2D eigenvalue weighted by molar-refractivity contribution is 7.84. The number of aryl methyl sites for hydroxylation is 1. The lowest BCUT2D eigenvalue weighted by molar-refractivity contribution is 0.552. The maximum atomic E-state index is 12.3. The molecule has 5 heteroatoms. The fourth-order valence-electron chi connectivity index (χ4n) is 2.01. The van der Waals surface area contributed by atoms with Gasteiger partial charge in [-0.15, -0.1) is 0 Å². The standard InChI is InChI=1S/C15H14N2O2S/c1-10-3-2-4-12(7-10)20(18)9-15-17-13-8-11(16)5-6-14(13)19-15/h2-8H,9,16H2,1H3. The monoisotopic (exact) mass is 286 g/mol. The Morgan fingerprint density at radius 1 is 1.25 bits per heavy atom. The molecule has 3 rings (SSSR count). The van der Waals surface area contributed by atoms with Crippen molar-refractivity contribution in [3.8, 4) is 0 Å². The number of hydrogen-bond acceptors (Lipinski definition) is 4. The van der Waals surface area contributed by atoms with Gasteiger partial charge in [-0.2, -0.15) is 0 Å². The number of rotatable bonds is 3. The van der Waals surface area contributed by atoms with E-state index in [1.807, 2.05) is 31.2 Å². The zero-order valence-electron chi connectivity index (χ0n) is 11.0. The second-order valence-electron chi connectivity index (χ2n) is 4.64. The molecular formula is C15H14N2O2S. The van der Waals surface area contributed by atoms with Gasteiger partial charge in [-0.1, -0.05) is 12.1 Å². The van der Waals surface area contributed by atoms with E-state index in [2.05, 4.69) is 4.98 Å². The van der Waals surface area contributed by atoms with E-state index in [9.17, 15) is 4.21 Å². The number of oxazole rings is 1. The Morgan fingerprint density at radius 3 is 2.90 bits per heavy atom. The average Bonchev–Trinajstić information content (AvgIpc) is 2.80. The number of fused-ring (bicyclic) bond motifs is 1. The third-order valence-corrected chi connectivity index (χ3v) is 4.25. The summed E-state index contributed by atoms with van der Waals surface area (Å²) in [5.74, 6) is 0.725. The minimum absolute atomic E-state index is 0.262. The fraction of sp³-hybridized carbons (Fsp3) is 0.133. The summed E-state index contributed by atoms with van der Waals surface area (Å²) in [5.41, 5.74) is 8.78. The van der Waals surface area contributed by atoms with E-state index < -0.39 is 10.8 Å². The van der Waals surface area contributed by atoms with E-state index in [-0.39, 0.29) is 5.75 Å². The second-order valence-corrected chi connectivity index (χ2v) is 6.09. The van der Waals surface area contributed by atoms with Crippen molar-refractivity contribution < 1.29 is 8.63 Å². The van der Waals surface area contributed by atoms with Gasteiger partial charge in [0, 0.05) is 10.6 Å². The van der Waals surface area contributed by atoms with Gasteiger partial charge in [0.25, 0.3) is 0 Å². The van der Waals surface area contributed by atoms with Crippen molar-refractivity contribution in [1.29, 1.82) is 0 Å². The number of nitrogens with two attached hydrogens (primary N) is 1. The molecule has 0 aliphatic rings. The summed E-state index contributed by atoms with van der Waals surface area (Å²) in [6, 6.07) is 12.9. The van der Waals surface area contributed by atoms with Gasteiger partial charge in [0.15, 0.2) is 5.58 Å². The molecule has 1 atom stereocenters. The Morgan fingerprint density at radius 2 is 2.10 bits per heavy atom. The number of aromatic nitrogens is 1. The maximum Gasteiger partial charge on any atom is 0.208 e. The Kier molecular flexibility index (Phi) is 3.28. The number of hydrogen-bond donors (Lipinski definition) is 1. The van der Waals surface area contributed by atoms with Crippen LogP contribution in [0.25, 0.3) is 11.1 Å². The van der Waals surface area contributed by atoms with Crippen LogP contribution >= 0.6 is 0 Å². The van der Waals surface area contributed by atoms with Crippen LogP contribution in [0.1, 0.15) is 11.5 Å². The van der Waals surface area contributed by atoms with Crippen LogP contribution in [0.4, 0.5) is 5.69 Å². The van der Waals surface area contributed by atoms with E-state index >= 15 is 0 Å². The van der Waals surface area contributed by atoms with E-state index in [0.717, 1.165) is 10.5 Å². The van der Waals surface area contributed by atoms with Crippen LogP contribution < -0.4 is 5.73 Å². The molecule has 1 aromatic heterocycles. The lowest BCUT2D eigenvalue weighted by Crippen LogP contribution is -1.97. The van der Waals surface area contributed by atoms with Crippen LogP contribution in [0, 0.1) is 6.92 Å². The largest absolute Gasteiger partial charge is 0.440 e. The van der Waals surface area contributed by atoms with E-state index in [1.54, 1.807) is 18.2 Å². The molecule has 0 aliphatic carbocycles. The summed E-state index contributed by atoms with van der Waals surface area (Å²) in [7, 11) is -1.16. The van der Waals surface area contributed by atoms with Crippen molar-refractivity contribution in [2.24, 2.45) is 0 Å². The molecule has 0 saturated carbocycles. The predicted molar refractivity (Wildman–Crippen MR) is 79.7 cm³/mol. The molecule has 0 spiro atoms. The van der Waals surface area contributed by atoms with E-state index in [4.69, 9.17) is 10.2 Å². The van der Waals surface area contributed by atoms with Crippen LogP contribution in [0.3, 0.4) is 0 Å². The second kappa shape index (κ2) is 5.09. The number of nitrogen functional groups attached to an aromatic ring is 1. The maximum absolute atomic E-state index is 12.3. The highest BCUT2D eigenvalue weighted by Crippen LogP contribution is 2.20. The molecule has 0 saturated heterocycles. The molecule has 0 bridgehead atoms. The van der Waals surface area contributed by atoms with Gasteiger partial charge in [0.05, 0.1) is 10.8 Å². The SMILES string of the molecule is Cc1cccc(S(=O)Cc2nc3cc(N)ccc3o2)c1. The molecule has 0 fully saturated rings. The summed E-state index contributed by atoms with van der Waals surface area (Å²) >= 11 is 0. The van der Waals surface area contributed by atoms with E-state index in [0.29, 0.717) is 22.7 Å². The Bertz CT molecular complexity index is 795. The molecule has 1 unspecified atom stereocenters. The quantitative estimate of drug-likeness (QED) is 0.751. The molecule has 102 valence electrons. The molecule has 4 nitrogen and oxygen atoms in total. The predicted octanol–water partition coefficient (Wildman–Crippen LogP) is 3.03. The van der Waals surface area contributed by atoms with Crippen LogP contribution in [-0.2, 0) is 16.6 Å². The minimum Gasteiger partial charge on any atom is -0.440 e. The van der Waals surface area contributed by atoms with Crippen molar-refractivity contribution >= 4 is 27.6 Å². The van der Waals surface area contributed by atoms with Gasteiger partial charge in [0.1, 0.15) is 11.3 Å². The van der Waals surface area contributed by atoms with Crippen LogP contribution in [0.2, 0.25) is 0 Å². The zero-order chi connectivity index (χ0) is 14.1. The van der Waals surface area contributed by atoms with Gasteiger partial charge in [0.2, 0.25) is 5.89 Å².